The molecule has 164 valence electrons. The number of nitrogens with one attached hydrogen (secondary N) is 1. The quantitative estimate of drug-likeness (QED) is 0.441. The van der Waals surface area contributed by atoms with Gasteiger partial charge in [0.25, 0.3) is 0 Å². The van der Waals surface area contributed by atoms with E-state index >= 15 is 0 Å². The van der Waals surface area contributed by atoms with Crippen LogP contribution in [0.4, 0.5) is 4.79 Å². The lowest BCUT2D eigenvalue weighted by Crippen LogP contribution is -2.56. The summed E-state index contributed by atoms with van der Waals surface area (Å²) in [6.45, 7) is 9.87. The molecule has 0 aliphatic carbocycles. The minimum absolute atomic E-state index is 0.0145. The highest BCUT2D eigenvalue weighted by atomic mass is 127. The van der Waals surface area contributed by atoms with E-state index in [0.29, 0.717) is 26.3 Å². The van der Waals surface area contributed by atoms with Gasteiger partial charge < -0.3 is 29.3 Å². The standard InChI is InChI=1S/C19H32IN5O4/c1-19(2,3)29-18(26)25-7-5-6-13(12-25)21-15-14(20)16(27-4)23-17(22-15)24-8-10-28-11-9-24/h13-14,16H,5-12H2,1-4H3,(H,21,22,23)/t13-,14?,16?/m1/s1. The number of amides is 1. The molecule has 0 aromatic carbocycles. The Labute approximate surface area is 186 Å². The van der Waals surface area contributed by atoms with Crippen LogP contribution in [0.3, 0.4) is 0 Å². The van der Waals surface area contributed by atoms with E-state index in [0.717, 1.165) is 37.7 Å². The Hall–Kier alpha value is -1.14. The number of rotatable bonds is 2. The summed E-state index contributed by atoms with van der Waals surface area (Å²) < 4.78 is 16.6. The highest BCUT2D eigenvalue weighted by Crippen LogP contribution is 2.21. The third-order valence-electron chi connectivity index (χ3n) is 4.92. The number of likely N-dealkylation sites (tertiary alicyclic amines) is 1. The number of alkyl halides is 1. The number of piperidine rings is 1. The molecule has 1 amide bonds. The first kappa shape index (κ1) is 22.5. The summed E-state index contributed by atoms with van der Waals surface area (Å²) in [4.78, 5) is 26.1. The van der Waals surface area contributed by atoms with Crippen LogP contribution in [-0.2, 0) is 14.2 Å². The van der Waals surface area contributed by atoms with Gasteiger partial charge in [0.1, 0.15) is 15.4 Å². The molecule has 9 nitrogen and oxygen atoms in total. The predicted molar refractivity (Wildman–Crippen MR) is 120 cm³/mol. The molecule has 3 atom stereocenters. The molecule has 2 unspecified atom stereocenters. The second kappa shape index (κ2) is 9.78. The van der Waals surface area contributed by atoms with Gasteiger partial charge in [-0.05, 0) is 33.6 Å². The third-order valence-corrected chi connectivity index (χ3v) is 6.13. The largest absolute Gasteiger partial charge is 0.444 e. The zero-order chi connectivity index (χ0) is 21.0. The highest BCUT2D eigenvalue weighted by molar-refractivity contribution is 14.1. The van der Waals surface area contributed by atoms with E-state index in [9.17, 15) is 4.79 Å². The molecule has 0 bridgehead atoms. The maximum absolute atomic E-state index is 12.5. The van der Waals surface area contributed by atoms with E-state index < -0.39 is 5.60 Å². The molecule has 3 rings (SSSR count). The number of morpholine rings is 1. The van der Waals surface area contributed by atoms with Gasteiger partial charge in [-0.25, -0.2) is 9.79 Å². The van der Waals surface area contributed by atoms with Gasteiger partial charge in [-0.3, -0.25) is 4.99 Å². The molecule has 0 radical (unpaired) electrons. The monoisotopic (exact) mass is 521 g/mol. The van der Waals surface area contributed by atoms with Crippen molar-refractivity contribution < 1.29 is 19.0 Å². The van der Waals surface area contributed by atoms with Crippen LogP contribution in [0.1, 0.15) is 33.6 Å². The Kier molecular flexibility index (Phi) is 7.60. The minimum atomic E-state index is -0.497. The van der Waals surface area contributed by atoms with Crippen molar-refractivity contribution in [3.63, 3.8) is 0 Å². The smallest absolute Gasteiger partial charge is 0.410 e. The summed E-state index contributed by atoms with van der Waals surface area (Å²) in [6, 6.07) is 0.0255. The van der Waals surface area contributed by atoms with Gasteiger partial charge in [0.15, 0.2) is 6.23 Å². The number of guanidine groups is 1. The average molecular weight is 521 g/mol. The van der Waals surface area contributed by atoms with E-state index in [4.69, 9.17) is 24.2 Å². The molecule has 1 N–H and O–H groups in total. The predicted octanol–water partition coefficient (Wildman–Crippen LogP) is 1.85. The first-order valence-corrected chi connectivity index (χ1v) is 11.4. The summed E-state index contributed by atoms with van der Waals surface area (Å²) in [5.74, 6) is 1.64. The Morgan fingerprint density at radius 2 is 2.03 bits per heavy atom. The van der Waals surface area contributed by atoms with Crippen molar-refractivity contribution >= 4 is 40.5 Å². The Balaban J connectivity index is 1.70. The van der Waals surface area contributed by atoms with Crippen molar-refractivity contribution in [1.29, 1.82) is 0 Å². The molecule has 2 saturated heterocycles. The molecule has 3 heterocycles. The molecule has 3 aliphatic rings. The van der Waals surface area contributed by atoms with Gasteiger partial charge in [0, 0.05) is 33.3 Å². The number of aliphatic imine (C=N–C) groups is 2. The van der Waals surface area contributed by atoms with Crippen LogP contribution in [0, 0.1) is 0 Å². The maximum Gasteiger partial charge on any atom is 0.410 e. The molecule has 3 aliphatic heterocycles. The zero-order valence-corrected chi connectivity index (χ0v) is 19.8. The normalized spacial score (nSPS) is 30.0. The van der Waals surface area contributed by atoms with E-state index in [-0.39, 0.29) is 22.3 Å². The van der Waals surface area contributed by atoms with Gasteiger partial charge in [-0.15, -0.1) is 0 Å². The molecule has 2 fully saturated rings. The van der Waals surface area contributed by atoms with Crippen LogP contribution in [-0.4, -0.2) is 96.0 Å². The molecule has 0 aromatic rings. The van der Waals surface area contributed by atoms with Gasteiger partial charge in [-0.2, -0.15) is 0 Å². The number of carbonyl (C=O) groups excluding carboxylic acids is 1. The number of ether oxygens (including phenoxy) is 3. The topological polar surface area (TPSA) is 88.0 Å². The van der Waals surface area contributed by atoms with Crippen LogP contribution in [0.15, 0.2) is 9.98 Å². The number of amidine groups is 1. The van der Waals surface area contributed by atoms with Gasteiger partial charge >= 0.3 is 6.09 Å². The first-order valence-electron chi connectivity index (χ1n) is 10.2. The van der Waals surface area contributed by atoms with Crippen LogP contribution in [0.25, 0.3) is 0 Å². The molecule has 0 aromatic heterocycles. The molecule has 0 spiro atoms. The molecule has 10 heteroatoms. The molecular formula is C19H32IN5O4. The van der Waals surface area contributed by atoms with E-state index in [1.165, 1.54) is 0 Å². The Morgan fingerprint density at radius 1 is 1.31 bits per heavy atom. The van der Waals surface area contributed by atoms with Gasteiger partial charge in [0.2, 0.25) is 5.96 Å². The van der Waals surface area contributed by atoms with Crippen LogP contribution >= 0.6 is 22.6 Å². The third kappa shape index (κ3) is 6.17. The van der Waals surface area contributed by atoms with Crippen molar-refractivity contribution in [3.05, 3.63) is 0 Å². The number of carbonyl (C=O) groups is 1. The summed E-state index contributed by atoms with van der Waals surface area (Å²) in [6.07, 6.45) is 1.29. The van der Waals surface area contributed by atoms with E-state index in [2.05, 4.69) is 32.8 Å². The fourth-order valence-corrected chi connectivity index (χ4v) is 4.27. The lowest BCUT2D eigenvalue weighted by atomic mass is 10.1. The maximum atomic E-state index is 12.5. The second-order valence-corrected chi connectivity index (χ2v) is 9.78. The number of halogens is 1. The number of methoxy groups -OCH3 is 1. The Morgan fingerprint density at radius 3 is 2.69 bits per heavy atom. The zero-order valence-electron chi connectivity index (χ0n) is 17.7. The fourth-order valence-electron chi connectivity index (χ4n) is 3.50. The average Bonchev–Trinajstić information content (AvgIpc) is 2.69. The van der Waals surface area contributed by atoms with Crippen molar-refractivity contribution in [3.8, 4) is 0 Å². The lowest BCUT2D eigenvalue weighted by Gasteiger charge is -2.37. The first-order chi connectivity index (χ1) is 13.8. The van der Waals surface area contributed by atoms with Crippen LogP contribution in [0.5, 0.6) is 0 Å². The van der Waals surface area contributed by atoms with E-state index in [1.54, 1.807) is 12.0 Å². The summed E-state index contributed by atoms with van der Waals surface area (Å²) in [7, 11) is 1.67. The highest BCUT2D eigenvalue weighted by Gasteiger charge is 2.34. The van der Waals surface area contributed by atoms with E-state index in [1.807, 2.05) is 20.8 Å². The lowest BCUT2D eigenvalue weighted by molar-refractivity contribution is 0.0200. The second-order valence-electron chi connectivity index (χ2n) is 8.44. The molecule has 29 heavy (non-hydrogen) atoms. The van der Waals surface area contributed by atoms with Crippen molar-refractivity contribution in [1.82, 2.24) is 15.1 Å². The molecule has 0 saturated carbocycles. The summed E-state index contributed by atoms with van der Waals surface area (Å²) >= 11 is 2.32. The van der Waals surface area contributed by atoms with Crippen LogP contribution in [0.2, 0.25) is 0 Å². The van der Waals surface area contributed by atoms with Gasteiger partial charge in [0.05, 0.1) is 19.3 Å². The van der Waals surface area contributed by atoms with Gasteiger partial charge in [-0.1, -0.05) is 22.6 Å². The molecular weight excluding hydrogens is 489 g/mol. The summed E-state index contributed by atoms with van der Waals surface area (Å²) in [5.41, 5.74) is -0.497. The number of hydrogen-bond donors (Lipinski definition) is 1. The number of nitrogens with zero attached hydrogens (tertiary/aromatic N) is 4. The number of hydrogen-bond acceptors (Lipinski definition) is 7. The summed E-state index contributed by atoms with van der Waals surface area (Å²) in [5, 5.41) is 3.42. The Bertz CT molecular complexity index is 645. The van der Waals surface area contributed by atoms with Crippen molar-refractivity contribution in [2.24, 2.45) is 9.98 Å². The fraction of sp³-hybridized carbons (Fsp3) is 0.842. The SMILES string of the molecule is COC1N=C(N2CCOCC2)NC(=N[C@@H]2CCCN(C(=O)OC(C)(C)C)C2)C1I. The van der Waals surface area contributed by atoms with Crippen molar-refractivity contribution in [2.45, 2.75) is 55.4 Å². The van der Waals surface area contributed by atoms with Crippen LogP contribution < -0.4 is 5.32 Å². The minimum Gasteiger partial charge on any atom is -0.444 e. The van der Waals surface area contributed by atoms with Crippen molar-refractivity contribution in [2.75, 3.05) is 46.5 Å².